The average Bonchev–Trinajstić information content (AvgIpc) is 3.71. The first kappa shape index (κ1) is 27.1. The van der Waals surface area contributed by atoms with E-state index in [9.17, 15) is 0 Å². The van der Waals surface area contributed by atoms with Gasteiger partial charge in [0, 0.05) is 45.2 Å². The second-order valence-corrected chi connectivity index (χ2v) is 14.4. The molecule has 0 amide bonds. The SMILES string of the molecule is CC1(C)c2ccccc2-c2ccc(N3c4ccc(-c5ccc6c(c5)c5ccccc5n6-c5ccccc5)cc4C4CCCCC43)cc21. The first-order valence-corrected chi connectivity index (χ1v) is 17.3. The molecule has 2 heteroatoms. The van der Waals surface area contributed by atoms with Crippen LogP contribution in [0.5, 0.6) is 0 Å². The maximum atomic E-state index is 2.71. The van der Waals surface area contributed by atoms with E-state index in [1.165, 1.54) is 103 Å². The van der Waals surface area contributed by atoms with Crippen LogP contribution in [0.4, 0.5) is 11.4 Å². The van der Waals surface area contributed by atoms with Crippen LogP contribution in [-0.4, -0.2) is 10.6 Å². The van der Waals surface area contributed by atoms with Crippen LogP contribution in [0.1, 0.15) is 62.1 Å². The van der Waals surface area contributed by atoms with Crippen LogP contribution in [0, 0.1) is 0 Å². The first-order valence-electron chi connectivity index (χ1n) is 17.3. The molecule has 0 saturated heterocycles. The lowest BCUT2D eigenvalue weighted by Crippen LogP contribution is -2.32. The summed E-state index contributed by atoms with van der Waals surface area (Å²) in [6.45, 7) is 4.78. The van der Waals surface area contributed by atoms with Crippen LogP contribution in [0.2, 0.25) is 0 Å². The van der Waals surface area contributed by atoms with Crippen molar-refractivity contribution in [2.24, 2.45) is 0 Å². The summed E-state index contributed by atoms with van der Waals surface area (Å²) in [5.74, 6) is 0.570. The topological polar surface area (TPSA) is 8.17 Å². The Hall–Kier alpha value is -5.08. The zero-order valence-electron chi connectivity index (χ0n) is 27.1. The monoisotopic (exact) mass is 606 g/mol. The number of para-hydroxylation sites is 2. The van der Waals surface area contributed by atoms with Crippen LogP contribution in [-0.2, 0) is 5.41 Å². The number of hydrogen-bond acceptors (Lipinski definition) is 1. The van der Waals surface area contributed by atoms with Gasteiger partial charge in [-0.2, -0.15) is 0 Å². The first-order chi connectivity index (χ1) is 23.1. The van der Waals surface area contributed by atoms with Crippen molar-refractivity contribution in [2.75, 3.05) is 4.90 Å². The minimum atomic E-state index is 0.00257. The molecule has 2 heterocycles. The highest BCUT2D eigenvalue weighted by Crippen LogP contribution is 2.55. The van der Waals surface area contributed by atoms with Gasteiger partial charge < -0.3 is 9.47 Å². The molecule has 7 aromatic rings. The van der Waals surface area contributed by atoms with Crippen molar-refractivity contribution in [3.8, 4) is 27.9 Å². The maximum absolute atomic E-state index is 2.71. The summed E-state index contributed by atoms with van der Waals surface area (Å²) < 4.78 is 2.40. The molecule has 10 rings (SSSR count). The van der Waals surface area contributed by atoms with Gasteiger partial charge in [0.1, 0.15) is 0 Å². The molecule has 2 unspecified atom stereocenters. The van der Waals surface area contributed by atoms with Crippen molar-refractivity contribution in [1.82, 2.24) is 4.57 Å². The summed E-state index contributed by atoms with van der Waals surface area (Å²) in [5, 5.41) is 2.61. The number of rotatable bonds is 3. The molecular weight excluding hydrogens is 569 g/mol. The fraction of sp³-hybridized carbons (Fsp3) is 0.200. The lowest BCUT2D eigenvalue weighted by molar-refractivity contribution is 0.402. The van der Waals surface area contributed by atoms with Crippen molar-refractivity contribution in [3.63, 3.8) is 0 Å². The third kappa shape index (κ3) is 3.85. The molecule has 1 fully saturated rings. The molecule has 2 nitrogen and oxygen atoms in total. The highest BCUT2D eigenvalue weighted by atomic mass is 15.2. The molecule has 228 valence electrons. The Morgan fingerprint density at radius 3 is 2.19 bits per heavy atom. The van der Waals surface area contributed by atoms with Crippen molar-refractivity contribution in [1.29, 1.82) is 0 Å². The molecule has 0 spiro atoms. The molecule has 6 aromatic carbocycles. The Morgan fingerprint density at radius 2 is 1.28 bits per heavy atom. The summed E-state index contributed by atoms with van der Waals surface area (Å²) in [5.41, 5.74) is 16.3. The van der Waals surface area contributed by atoms with Gasteiger partial charge in [0.15, 0.2) is 0 Å². The van der Waals surface area contributed by atoms with E-state index in [0.29, 0.717) is 12.0 Å². The molecule has 0 N–H and O–H groups in total. The van der Waals surface area contributed by atoms with Gasteiger partial charge in [-0.25, -0.2) is 0 Å². The van der Waals surface area contributed by atoms with E-state index in [1.807, 2.05) is 0 Å². The lowest BCUT2D eigenvalue weighted by Gasteiger charge is -2.34. The second kappa shape index (κ2) is 9.96. The van der Waals surface area contributed by atoms with E-state index in [0.717, 1.165) is 0 Å². The normalized spacial score (nSPS) is 19.1. The fourth-order valence-corrected chi connectivity index (χ4v) is 9.39. The fourth-order valence-electron chi connectivity index (χ4n) is 9.39. The number of benzene rings is 6. The van der Waals surface area contributed by atoms with E-state index < -0.39 is 0 Å². The third-order valence-electron chi connectivity index (χ3n) is 11.6. The number of hydrogen-bond donors (Lipinski definition) is 0. The molecule has 3 aliphatic rings. The predicted octanol–water partition coefficient (Wildman–Crippen LogP) is 11.9. The highest BCUT2D eigenvalue weighted by molar-refractivity contribution is 6.10. The number of nitrogens with zero attached hydrogens (tertiary/aromatic N) is 2. The maximum Gasteiger partial charge on any atom is 0.0541 e. The van der Waals surface area contributed by atoms with Crippen LogP contribution in [0.15, 0.2) is 133 Å². The summed E-state index contributed by atoms with van der Waals surface area (Å²) in [6, 6.07) is 50.8. The molecule has 0 radical (unpaired) electrons. The zero-order valence-corrected chi connectivity index (χ0v) is 27.1. The molecule has 1 saturated carbocycles. The number of fused-ring (bicyclic) bond motifs is 9. The Labute approximate surface area is 276 Å². The standard InChI is InChI=1S/C45H38N2/c1-45(2)39-17-9-6-14-33(39)34-23-22-32(28-40(34)45)47-42-19-11-8-16-36(42)38-27-30(21-25-44(38)47)29-20-24-43-37(26-29)35-15-7-10-18-41(35)46(43)31-12-4-3-5-13-31/h3-7,9-10,12-15,17-18,20-28,36,42H,8,11,16,19H2,1-2H3. The van der Waals surface area contributed by atoms with Crippen molar-refractivity contribution < 1.29 is 0 Å². The van der Waals surface area contributed by atoms with Gasteiger partial charge in [-0.1, -0.05) is 106 Å². The Balaban J connectivity index is 1.09. The molecular formula is C45H38N2. The molecule has 2 atom stereocenters. The van der Waals surface area contributed by atoms with Gasteiger partial charge in [0.05, 0.1) is 11.0 Å². The van der Waals surface area contributed by atoms with Gasteiger partial charge >= 0.3 is 0 Å². The number of aromatic nitrogens is 1. The van der Waals surface area contributed by atoms with E-state index in [1.54, 1.807) is 0 Å². The minimum Gasteiger partial charge on any atom is -0.338 e. The van der Waals surface area contributed by atoms with E-state index in [4.69, 9.17) is 0 Å². The Bertz CT molecular complexity index is 2360. The largest absolute Gasteiger partial charge is 0.338 e. The lowest BCUT2D eigenvalue weighted by atomic mass is 9.81. The van der Waals surface area contributed by atoms with Crippen molar-refractivity contribution in [3.05, 3.63) is 150 Å². The van der Waals surface area contributed by atoms with Gasteiger partial charge in [0.25, 0.3) is 0 Å². The van der Waals surface area contributed by atoms with Crippen LogP contribution < -0.4 is 4.90 Å². The summed E-state index contributed by atoms with van der Waals surface area (Å²) in [4.78, 5) is 2.71. The highest BCUT2D eigenvalue weighted by Gasteiger charge is 2.42. The molecule has 1 aliphatic heterocycles. The van der Waals surface area contributed by atoms with Crippen LogP contribution >= 0.6 is 0 Å². The smallest absolute Gasteiger partial charge is 0.0541 e. The van der Waals surface area contributed by atoms with Gasteiger partial charge in [-0.15, -0.1) is 0 Å². The van der Waals surface area contributed by atoms with E-state index in [2.05, 4.69) is 157 Å². The second-order valence-electron chi connectivity index (χ2n) is 14.4. The Morgan fingerprint density at radius 1 is 0.553 bits per heavy atom. The summed E-state index contributed by atoms with van der Waals surface area (Å²) in [6.07, 6.45) is 5.14. The number of anilines is 2. The summed E-state index contributed by atoms with van der Waals surface area (Å²) in [7, 11) is 0. The van der Waals surface area contributed by atoms with Crippen molar-refractivity contribution >= 4 is 33.2 Å². The van der Waals surface area contributed by atoms with Gasteiger partial charge in [-0.05, 0) is 106 Å². The van der Waals surface area contributed by atoms with Gasteiger partial charge in [0.2, 0.25) is 0 Å². The van der Waals surface area contributed by atoms with Crippen LogP contribution in [0.25, 0.3) is 49.7 Å². The molecule has 0 bridgehead atoms. The summed E-state index contributed by atoms with van der Waals surface area (Å²) >= 11 is 0. The molecule has 47 heavy (non-hydrogen) atoms. The minimum absolute atomic E-state index is 0.00257. The third-order valence-corrected chi connectivity index (χ3v) is 11.6. The Kier molecular flexibility index (Phi) is 5.74. The van der Waals surface area contributed by atoms with E-state index in [-0.39, 0.29) is 5.41 Å². The van der Waals surface area contributed by atoms with Crippen molar-refractivity contribution in [2.45, 2.75) is 56.9 Å². The zero-order chi connectivity index (χ0) is 31.3. The quantitative estimate of drug-likeness (QED) is 0.194. The van der Waals surface area contributed by atoms with Gasteiger partial charge in [-0.3, -0.25) is 0 Å². The molecule has 2 aliphatic carbocycles. The van der Waals surface area contributed by atoms with E-state index >= 15 is 0 Å². The predicted molar refractivity (Wildman–Crippen MR) is 197 cm³/mol. The van der Waals surface area contributed by atoms with Crippen LogP contribution in [0.3, 0.4) is 0 Å². The average molecular weight is 607 g/mol. The molecule has 1 aromatic heterocycles.